The van der Waals surface area contributed by atoms with E-state index >= 15 is 0 Å². The molecule has 2 heterocycles. The molecule has 1 aliphatic carbocycles. The smallest absolute Gasteiger partial charge is 0.324 e. The highest BCUT2D eigenvalue weighted by atomic mass is 16.5. The summed E-state index contributed by atoms with van der Waals surface area (Å²) in [6.07, 6.45) is 10.7. The fourth-order valence-electron chi connectivity index (χ4n) is 2.73. The SMILES string of the molecule is CC(C)c1noc(N2CCCCC2)n1.NC(=O)C1CC=CCC1. The number of anilines is 1. The molecule has 1 atom stereocenters. The Balaban J connectivity index is 0.000000185. The fourth-order valence-corrected chi connectivity index (χ4v) is 2.73. The zero-order valence-electron chi connectivity index (χ0n) is 14.2. The molecule has 0 bridgehead atoms. The van der Waals surface area contributed by atoms with Gasteiger partial charge in [0.05, 0.1) is 0 Å². The minimum atomic E-state index is -0.153. The fraction of sp³-hybridized carbons (Fsp3) is 0.706. The second-order valence-corrected chi connectivity index (χ2v) is 6.52. The Morgan fingerprint density at radius 2 is 2.04 bits per heavy atom. The topological polar surface area (TPSA) is 85.2 Å². The second kappa shape index (κ2) is 8.70. The molecule has 1 unspecified atom stereocenters. The summed E-state index contributed by atoms with van der Waals surface area (Å²) >= 11 is 0. The van der Waals surface area contributed by atoms with Crippen LogP contribution in [0.1, 0.15) is 64.1 Å². The first-order valence-corrected chi connectivity index (χ1v) is 8.60. The van der Waals surface area contributed by atoms with Crippen molar-refractivity contribution in [2.24, 2.45) is 11.7 Å². The average molecular weight is 320 g/mol. The molecule has 1 aromatic heterocycles. The van der Waals surface area contributed by atoms with Crippen LogP contribution >= 0.6 is 0 Å². The predicted octanol–water partition coefficient (Wildman–Crippen LogP) is 3.01. The number of hydrogen-bond acceptors (Lipinski definition) is 5. The quantitative estimate of drug-likeness (QED) is 0.865. The van der Waals surface area contributed by atoms with Crippen molar-refractivity contribution < 1.29 is 9.32 Å². The highest BCUT2D eigenvalue weighted by molar-refractivity contribution is 5.76. The maximum absolute atomic E-state index is 10.5. The first kappa shape index (κ1) is 17.5. The van der Waals surface area contributed by atoms with Gasteiger partial charge in [-0.05, 0) is 38.5 Å². The van der Waals surface area contributed by atoms with E-state index < -0.39 is 0 Å². The van der Waals surface area contributed by atoms with Crippen LogP contribution in [0.4, 0.5) is 6.01 Å². The van der Waals surface area contributed by atoms with E-state index in [0.29, 0.717) is 11.9 Å². The molecule has 0 spiro atoms. The summed E-state index contributed by atoms with van der Waals surface area (Å²) < 4.78 is 5.23. The zero-order valence-corrected chi connectivity index (χ0v) is 14.2. The van der Waals surface area contributed by atoms with E-state index in [1.807, 2.05) is 6.08 Å². The Morgan fingerprint density at radius 1 is 1.30 bits per heavy atom. The number of carbonyl (C=O) groups excluding carboxylic acids is 1. The molecule has 0 radical (unpaired) electrons. The molecule has 1 amide bonds. The second-order valence-electron chi connectivity index (χ2n) is 6.52. The first-order valence-electron chi connectivity index (χ1n) is 8.60. The number of allylic oxidation sites excluding steroid dienone is 2. The molecular formula is C17H28N4O2. The first-order chi connectivity index (χ1) is 11.1. The van der Waals surface area contributed by atoms with Crippen LogP contribution < -0.4 is 10.6 Å². The number of piperidine rings is 1. The molecule has 1 aromatic rings. The van der Waals surface area contributed by atoms with Gasteiger partial charge in [-0.2, -0.15) is 4.98 Å². The molecular weight excluding hydrogens is 292 g/mol. The summed E-state index contributed by atoms with van der Waals surface area (Å²) in [7, 11) is 0. The van der Waals surface area contributed by atoms with Gasteiger partial charge in [0.2, 0.25) is 5.91 Å². The van der Waals surface area contributed by atoms with Crippen molar-refractivity contribution in [3.8, 4) is 0 Å². The molecule has 1 fully saturated rings. The van der Waals surface area contributed by atoms with E-state index in [-0.39, 0.29) is 11.8 Å². The van der Waals surface area contributed by atoms with Crippen LogP contribution in [0.5, 0.6) is 0 Å². The monoisotopic (exact) mass is 320 g/mol. The lowest BCUT2D eigenvalue weighted by molar-refractivity contribution is -0.121. The van der Waals surface area contributed by atoms with Crippen LogP contribution in [0.25, 0.3) is 0 Å². The lowest BCUT2D eigenvalue weighted by Gasteiger charge is -2.23. The van der Waals surface area contributed by atoms with Gasteiger partial charge in [-0.3, -0.25) is 4.79 Å². The molecule has 2 N–H and O–H groups in total. The number of amides is 1. The summed E-state index contributed by atoms with van der Waals surface area (Å²) in [4.78, 5) is 17.1. The number of hydrogen-bond donors (Lipinski definition) is 1. The minimum absolute atomic E-state index is 0.106. The molecule has 6 heteroatoms. The Morgan fingerprint density at radius 3 is 2.52 bits per heavy atom. The van der Waals surface area contributed by atoms with Gasteiger partial charge in [0, 0.05) is 24.9 Å². The van der Waals surface area contributed by atoms with Gasteiger partial charge in [-0.1, -0.05) is 31.2 Å². The third-order valence-electron chi connectivity index (χ3n) is 4.25. The van der Waals surface area contributed by atoms with Crippen molar-refractivity contribution in [3.63, 3.8) is 0 Å². The standard InChI is InChI=1S/C10H17N3O.C7H11NO/c1-8(2)9-11-10(14-12-9)13-6-4-3-5-7-13;8-7(9)6-4-2-1-3-5-6/h8H,3-7H2,1-2H3;1-2,6H,3-5H2,(H2,8,9). The molecule has 6 nitrogen and oxygen atoms in total. The number of aromatic nitrogens is 2. The number of nitrogens with two attached hydrogens (primary N) is 1. The van der Waals surface area contributed by atoms with Crippen molar-refractivity contribution in [1.82, 2.24) is 10.1 Å². The molecule has 1 aliphatic heterocycles. The molecule has 0 saturated carbocycles. The molecule has 128 valence electrons. The summed E-state index contributed by atoms with van der Waals surface area (Å²) in [5.41, 5.74) is 5.09. The number of nitrogens with zero attached hydrogens (tertiary/aromatic N) is 3. The van der Waals surface area contributed by atoms with E-state index in [9.17, 15) is 4.79 Å². The van der Waals surface area contributed by atoms with E-state index in [1.54, 1.807) is 0 Å². The highest BCUT2D eigenvalue weighted by Crippen LogP contribution is 2.20. The Kier molecular flexibility index (Phi) is 6.62. The third-order valence-corrected chi connectivity index (χ3v) is 4.25. The molecule has 2 aliphatic rings. The summed E-state index contributed by atoms with van der Waals surface area (Å²) in [5, 5.41) is 3.96. The Bertz CT molecular complexity index is 518. The van der Waals surface area contributed by atoms with Crippen molar-refractivity contribution >= 4 is 11.9 Å². The van der Waals surface area contributed by atoms with Crippen LogP contribution in [-0.4, -0.2) is 29.1 Å². The van der Waals surface area contributed by atoms with Gasteiger partial charge >= 0.3 is 6.01 Å². The van der Waals surface area contributed by atoms with Gasteiger partial charge < -0.3 is 15.2 Å². The number of primary amides is 1. The summed E-state index contributed by atoms with van der Waals surface area (Å²) in [5.74, 6) is 1.11. The summed E-state index contributed by atoms with van der Waals surface area (Å²) in [6.45, 7) is 6.26. The normalized spacial score (nSPS) is 21.0. The maximum atomic E-state index is 10.5. The molecule has 23 heavy (non-hydrogen) atoms. The number of carbonyl (C=O) groups is 1. The number of rotatable bonds is 3. The zero-order chi connectivity index (χ0) is 16.7. The van der Waals surface area contributed by atoms with Gasteiger partial charge in [-0.25, -0.2) is 0 Å². The van der Waals surface area contributed by atoms with Gasteiger partial charge in [0.25, 0.3) is 0 Å². The van der Waals surface area contributed by atoms with E-state index in [4.69, 9.17) is 10.3 Å². The largest absolute Gasteiger partial charge is 0.369 e. The lowest BCUT2D eigenvalue weighted by atomic mass is 9.94. The van der Waals surface area contributed by atoms with Crippen molar-refractivity contribution in [1.29, 1.82) is 0 Å². The van der Waals surface area contributed by atoms with Crippen molar-refractivity contribution in [2.75, 3.05) is 18.0 Å². The Labute approximate surface area is 138 Å². The van der Waals surface area contributed by atoms with E-state index in [0.717, 1.165) is 38.2 Å². The van der Waals surface area contributed by atoms with Crippen LogP contribution in [-0.2, 0) is 4.79 Å². The Hall–Kier alpha value is -1.85. The van der Waals surface area contributed by atoms with Gasteiger partial charge in [0.15, 0.2) is 5.82 Å². The van der Waals surface area contributed by atoms with Crippen LogP contribution in [0.2, 0.25) is 0 Å². The van der Waals surface area contributed by atoms with Crippen LogP contribution in [0.3, 0.4) is 0 Å². The minimum Gasteiger partial charge on any atom is -0.369 e. The summed E-state index contributed by atoms with van der Waals surface area (Å²) in [6, 6.07) is 0.702. The molecule has 3 rings (SSSR count). The van der Waals surface area contributed by atoms with Crippen LogP contribution in [0, 0.1) is 5.92 Å². The van der Waals surface area contributed by atoms with Gasteiger partial charge in [-0.15, -0.1) is 0 Å². The van der Waals surface area contributed by atoms with E-state index in [1.165, 1.54) is 19.3 Å². The van der Waals surface area contributed by atoms with Crippen LogP contribution in [0.15, 0.2) is 16.7 Å². The maximum Gasteiger partial charge on any atom is 0.324 e. The van der Waals surface area contributed by atoms with Crippen molar-refractivity contribution in [2.45, 2.75) is 58.3 Å². The predicted molar refractivity (Wildman–Crippen MR) is 90.1 cm³/mol. The van der Waals surface area contributed by atoms with Gasteiger partial charge in [0.1, 0.15) is 0 Å². The molecule has 0 aromatic carbocycles. The highest BCUT2D eigenvalue weighted by Gasteiger charge is 2.18. The lowest BCUT2D eigenvalue weighted by Crippen LogP contribution is -2.29. The third kappa shape index (κ3) is 5.37. The average Bonchev–Trinajstić information content (AvgIpc) is 3.07. The van der Waals surface area contributed by atoms with Crippen molar-refractivity contribution in [3.05, 3.63) is 18.0 Å². The van der Waals surface area contributed by atoms with E-state index in [2.05, 4.69) is 35.0 Å². The molecule has 1 saturated heterocycles.